The van der Waals surface area contributed by atoms with Crippen molar-refractivity contribution in [2.24, 2.45) is 5.92 Å². The molecule has 3 aliphatic heterocycles. The molecule has 0 radical (unpaired) electrons. The average Bonchev–Trinajstić information content (AvgIpc) is 3.59. The Morgan fingerprint density at radius 1 is 1.16 bits per heavy atom. The lowest BCUT2D eigenvalue weighted by atomic mass is 9.92. The molecule has 4 atom stereocenters. The van der Waals surface area contributed by atoms with Crippen LogP contribution in [0.5, 0.6) is 0 Å². The fourth-order valence-corrected chi connectivity index (χ4v) is 7.41. The van der Waals surface area contributed by atoms with Gasteiger partial charge in [0.25, 0.3) is 0 Å². The molecule has 4 heterocycles. The fourth-order valence-electron chi connectivity index (χ4n) is 5.89. The molecule has 1 unspecified atom stereocenters. The van der Waals surface area contributed by atoms with Crippen molar-refractivity contribution < 1.29 is 48.0 Å². The number of carboxylic acid groups (broad SMARTS) is 2. The Balaban J connectivity index is 1.15. The van der Waals surface area contributed by atoms with Crippen LogP contribution in [0.4, 0.5) is 19.3 Å². The number of thioether (sulfide) groups is 1. The van der Waals surface area contributed by atoms with Gasteiger partial charge in [0.2, 0.25) is 11.3 Å². The number of carboxylic acids is 2. The van der Waals surface area contributed by atoms with E-state index in [1.165, 1.54) is 16.4 Å². The summed E-state index contributed by atoms with van der Waals surface area (Å²) >= 11 is 1.02. The second-order valence-corrected chi connectivity index (χ2v) is 12.2. The lowest BCUT2D eigenvalue weighted by Crippen LogP contribution is -2.60. The maximum absolute atomic E-state index is 15.9. The topological polar surface area (TPSA) is 179 Å². The highest BCUT2D eigenvalue weighted by molar-refractivity contribution is 8.04. The monoisotopic (exact) mass is 620 g/mol. The van der Waals surface area contributed by atoms with Gasteiger partial charge in [-0.15, -0.1) is 0 Å². The number of β-lactam (4-membered cyclic amide) rings is 1. The van der Waals surface area contributed by atoms with Crippen LogP contribution in [0.2, 0.25) is 0 Å². The molecule has 0 spiro atoms. The highest BCUT2D eigenvalue weighted by Gasteiger charge is 2.57. The van der Waals surface area contributed by atoms with Gasteiger partial charge in [-0.1, -0.05) is 11.8 Å². The van der Waals surface area contributed by atoms with Crippen molar-refractivity contribution in [3.8, 4) is 0 Å². The first-order valence-electron chi connectivity index (χ1n) is 13.5. The van der Waals surface area contributed by atoms with Gasteiger partial charge < -0.3 is 34.8 Å². The molecule has 6 rings (SSSR count). The first-order chi connectivity index (χ1) is 20.4. The Morgan fingerprint density at radius 2 is 1.88 bits per heavy atom. The van der Waals surface area contributed by atoms with Gasteiger partial charge in [-0.05, 0) is 32.3 Å². The molecule has 228 valence electrons. The van der Waals surface area contributed by atoms with Crippen LogP contribution in [0.1, 0.15) is 42.6 Å². The number of aliphatic carboxylic acids is 1. The average molecular weight is 621 g/mol. The van der Waals surface area contributed by atoms with Crippen LogP contribution in [-0.2, 0) is 14.3 Å². The van der Waals surface area contributed by atoms with Gasteiger partial charge in [-0.3, -0.25) is 14.5 Å². The Morgan fingerprint density at radius 3 is 2.51 bits per heavy atom. The van der Waals surface area contributed by atoms with Crippen molar-refractivity contribution in [3.63, 3.8) is 0 Å². The molecule has 2 aromatic rings. The zero-order valence-corrected chi connectivity index (χ0v) is 23.4. The molecule has 2 amide bonds. The Labute approximate surface area is 245 Å². The van der Waals surface area contributed by atoms with Gasteiger partial charge in [0.05, 0.1) is 33.9 Å². The molecule has 43 heavy (non-hydrogen) atoms. The van der Waals surface area contributed by atoms with E-state index in [9.17, 15) is 39.3 Å². The molecule has 16 heteroatoms. The number of fused-ring (bicyclic) bond motifs is 2. The molecule has 4 N–H and O–H groups in total. The minimum absolute atomic E-state index is 0.00639. The first-order valence-corrected chi connectivity index (χ1v) is 14.4. The maximum atomic E-state index is 15.9. The molecule has 1 saturated carbocycles. The Bertz CT molecular complexity index is 1690. The number of benzene rings is 1. The minimum Gasteiger partial charge on any atom is -0.477 e. The van der Waals surface area contributed by atoms with Crippen LogP contribution in [0.15, 0.2) is 27.7 Å². The number of carbonyl (C=O) groups excluding carboxylic acids is 2. The summed E-state index contributed by atoms with van der Waals surface area (Å²) in [5.74, 6) is -6.21. The molecule has 13 nitrogen and oxygen atoms in total. The molecule has 1 aliphatic carbocycles. The standard InChI is InChI=1S/C27H26F2N4O9S/c1-10(34)17-23(36)33-21(26(39)40)16(43-24(17)33)9-42-27(41)30-11-4-5-31(7-11)20-15(28)6-13-19(18(20)29)32(12-2-3-12)8-14(22(13)35)25(37)38/h6,8,10-12,17,24,34H,2-5,7,9H2,1H3,(H,30,41)(H,37,38)(H,39,40)/t10-,11?,17-,24-/m0/s1. The number of rotatable bonds is 8. The molecular weight excluding hydrogens is 594 g/mol. The van der Waals surface area contributed by atoms with Crippen LogP contribution in [0, 0.1) is 17.6 Å². The van der Waals surface area contributed by atoms with Gasteiger partial charge in [0, 0.05) is 25.3 Å². The minimum atomic E-state index is -1.49. The van der Waals surface area contributed by atoms with E-state index in [0.29, 0.717) is 12.8 Å². The van der Waals surface area contributed by atoms with Crippen molar-refractivity contribution in [1.29, 1.82) is 0 Å². The lowest BCUT2D eigenvalue weighted by Gasteiger charge is -2.43. The van der Waals surface area contributed by atoms with Crippen LogP contribution >= 0.6 is 11.8 Å². The third kappa shape index (κ3) is 4.77. The third-order valence-electron chi connectivity index (χ3n) is 8.09. The van der Waals surface area contributed by atoms with E-state index >= 15 is 8.78 Å². The second kappa shape index (κ2) is 10.5. The van der Waals surface area contributed by atoms with E-state index in [2.05, 4.69) is 5.32 Å². The summed E-state index contributed by atoms with van der Waals surface area (Å²) < 4.78 is 37.8. The molecule has 4 aliphatic rings. The van der Waals surface area contributed by atoms with E-state index in [1.54, 1.807) is 0 Å². The normalized spacial score (nSPS) is 23.8. The van der Waals surface area contributed by atoms with Crippen LogP contribution < -0.4 is 15.6 Å². The van der Waals surface area contributed by atoms with Gasteiger partial charge in [0.15, 0.2) is 5.82 Å². The third-order valence-corrected chi connectivity index (χ3v) is 9.43. The number of pyridine rings is 1. The van der Waals surface area contributed by atoms with Gasteiger partial charge in [-0.25, -0.2) is 23.2 Å². The van der Waals surface area contributed by atoms with Gasteiger partial charge in [0.1, 0.15) is 34.7 Å². The summed E-state index contributed by atoms with van der Waals surface area (Å²) in [6, 6.07) is 0.0429. The van der Waals surface area contributed by atoms with Gasteiger partial charge >= 0.3 is 18.0 Å². The predicted octanol–water partition coefficient (Wildman–Crippen LogP) is 1.83. The van der Waals surface area contributed by atoms with E-state index in [1.807, 2.05) is 0 Å². The van der Waals surface area contributed by atoms with E-state index in [4.69, 9.17) is 4.74 Å². The number of anilines is 1. The summed E-state index contributed by atoms with van der Waals surface area (Å²) in [5.41, 5.74) is -2.44. The zero-order chi connectivity index (χ0) is 30.9. The number of amides is 2. The van der Waals surface area contributed by atoms with Crippen molar-refractivity contribution in [2.75, 3.05) is 24.6 Å². The number of aliphatic hydroxyl groups is 1. The van der Waals surface area contributed by atoms with Crippen molar-refractivity contribution >= 4 is 52.3 Å². The van der Waals surface area contributed by atoms with Crippen molar-refractivity contribution in [3.05, 3.63) is 50.3 Å². The lowest BCUT2D eigenvalue weighted by molar-refractivity contribution is -0.156. The van der Waals surface area contributed by atoms with E-state index in [-0.39, 0.29) is 47.1 Å². The highest BCUT2D eigenvalue weighted by atomic mass is 32.2. The number of nitrogens with one attached hydrogen (secondary N) is 1. The number of aromatic nitrogens is 1. The summed E-state index contributed by atoms with van der Waals surface area (Å²) in [6.07, 6.45) is 0.807. The molecule has 0 bridgehead atoms. The molecule has 1 aromatic heterocycles. The fraction of sp³-hybridized carbons (Fsp3) is 0.444. The van der Waals surface area contributed by atoms with Crippen molar-refractivity contribution in [2.45, 2.75) is 49.7 Å². The van der Waals surface area contributed by atoms with Gasteiger partial charge in [-0.2, -0.15) is 0 Å². The number of carbonyl (C=O) groups is 4. The molecule has 1 aromatic carbocycles. The molecule has 3 fully saturated rings. The van der Waals surface area contributed by atoms with Crippen molar-refractivity contribution in [1.82, 2.24) is 14.8 Å². The number of hydrogen-bond acceptors (Lipinski definition) is 9. The summed E-state index contributed by atoms with van der Waals surface area (Å²) in [6.45, 7) is 1.14. The number of ether oxygens (including phenoxy) is 1. The number of nitrogens with zero attached hydrogens (tertiary/aromatic N) is 3. The summed E-state index contributed by atoms with van der Waals surface area (Å²) in [4.78, 5) is 63.6. The number of aromatic carboxylic acids is 1. The number of alkyl carbamates (subject to hydrolysis) is 1. The SMILES string of the molecule is C[C@H](O)[C@H]1C(=O)N2C(C(=O)O)=C(COC(=O)NC3CCN(c4c(F)cc5c(=O)c(C(=O)O)cn(C6CC6)c5c4F)C3)S[C@@H]12. The quantitative estimate of drug-likeness (QED) is 0.317. The predicted molar refractivity (Wildman–Crippen MR) is 147 cm³/mol. The number of hydrogen-bond donors (Lipinski definition) is 4. The van der Waals surface area contributed by atoms with E-state index < -0.39 is 82.3 Å². The Hall–Kier alpha value is -4.18. The van der Waals surface area contributed by atoms with Crippen LogP contribution in [0.25, 0.3) is 10.9 Å². The second-order valence-electron chi connectivity index (χ2n) is 10.9. The summed E-state index contributed by atoms with van der Waals surface area (Å²) in [7, 11) is 0. The molecule has 2 saturated heterocycles. The maximum Gasteiger partial charge on any atom is 0.407 e. The largest absolute Gasteiger partial charge is 0.477 e. The summed E-state index contributed by atoms with van der Waals surface area (Å²) in [5, 5.41) is 30.5. The van der Waals surface area contributed by atoms with Crippen LogP contribution in [-0.4, -0.2) is 85.9 Å². The number of halogens is 2. The molecular formula is C27H26F2N4O9S. The Kier molecular flexibility index (Phi) is 7.07. The van der Waals surface area contributed by atoms with Crippen LogP contribution in [0.3, 0.4) is 0 Å². The van der Waals surface area contributed by atoms with E-state index in [0.717, 1.165) is 28.9 Å². The zero-order valence-electron chi connectivity index (χ0n) is 22.6. The smallest absolute Gasteiger partial charge is 0.407 e. The number of aliphatic hydroxyl groups excluding tert-OH is 1. The first kappa shape index (κ1) is 28.9. The highest BCUT2D eigenvalue weighted by Crippen LogP contribution is 2.50.